The number of anilines is 1. The number of aryl methyl sites for hydroxylation is 1. The smallest absolute Gasteiger partial charge is 0.335 e. The van der Waals surface area contributed by atoms with Gasteiger partial charge in [0.05, 0.1) is 7.11 Å². The predicted molar refractivity (Wildman–Crippen MR) is 88.3 cm³/mol. The monoisotopic (exact) mass is 347 g/mol. The van der Waals surface area contributed by atoms with Gasteiger partial charge in [0.15, 0.2) is 5.54 Å². The van der Waals surface area contributed by atoms with E-state index < -0.39 is 5.54 Å². The van der Waals surface area contributed by atoms with E-state index in [0.717, 1.165) is 15.7 Å². The first kappa shape index (κ1) is 15.6. The summed E-state index contributed by atoms with van der Waals surface area (Å²) in [4.78, 5) is 12.3. The molecule has 0 radical (unpaired) electrons. The van der Waals surface area contributed by atoms with Crippen LogP contribution in [0.5, 0.6) is 0 Å². The van der Waals surface area contributed by atoms with E-state index in [1.54, 1.807) is 0 Å². The molecule has 21 heavy (non-hydrogen) atoms. The van der Waals surface area contributed by atoms with Crippen LogP contribution in [-0.2, 0) is 15.1 Å². The zero-order valence-electron chi connectivity index (χ0n) is 12.3. The summed E-state index contributed by atoms with van der Waals surface area (Å²) in [6.07, 6.45) is 0. The molecular weight excluding hydrogens is 330 g/mol. The zero-order chi connectivity index (χ0) is 15.5. The van der Waals surface area contributed by atoms with Gasteiger partial charge >= 0.3 is 5.97 Å². The van der Waals surface area contributed by atoms with Crippen molar-refractivity contribution in [3.8, 4) is 0 Å². The Kier molecular flexibility index (Phi) is 4.68. The number of benzene rings is 2. The second-order valence-electron chi connectivity index (χ2n) is 5.12. The Bertz CT molecular complexity index is 639. The van der Waals surface area contributed by atoms with Crippen LogP contribution in [-0.4, -0.2) is 13.1 Å². The molecule has 0 spiro atoms. The molecule has 0 saturated carbocycles. The van der Waals surface area contributed by atoms with Gasteiger partial charge in [-0.3, -0.25) is 0 Å². The Morgan fingerprint density at radius 1 is 1.19 bits per heavy atom. The summed E-state index contributed by atoms with van der Waals surface area (Å²) in [7, 11) is 1.40. The number of nitrogens with one attached hydrogen (secondary N) is 1. The number of rotatable bonds is 4. The highest BCUT2D eigenvalue weighted by Gasteiger charge is 2.36. The standard InChI is InChI=1S/C17H18BrNO2/c1-12-7-9-15(10-8-12)19-17(2,16(20)21-3)13-5-4-6-14(18)11-13/h4-11,19H,1-3H3. The van der Waals surface area contributed by atoms with Crippen molar-refractivity contribution in [2.45, 2.75) is 19.4 Å². The lowest BCUT2D eigenvalue weighted by atomic mass is 9.91. The molecule has 0 aliphatic heterocycles. The summed E-state index contributed by atoms with van der Waals surface area (Å²) in [6, 6.07) is 15.6. The van der Waals surface area contributed by atoms with Crippen LogP contribution in [0.1, 0.15) is 18.1 Å². The number of esters is 1. The molecule has 0 aliphatic rings. The number of methoxy groups -OCH3 is 1. The van der Waals surface area contributed by atoms with Crippen LogP contribution in [0, 0.1) is 6.92 Å². The summed E-state index contributed by atoms with van der Waals surface area (Å²) in [5.74, 6) is -0.332. The van der Waals surface area contributed by atoms with Crippen LogP contribution in [0.4, 0.5) is 5.69 Å². The van der Waals surface area contributed by atoms with Crippen molar-refractivity contribution in [2.75, 3.05) is 12.4 Å². The highest BCUT2D eigenvalue weighted by Crippen LogP contribution is 2.29. The Balaban J connectivity index is 2.42. The third kappa shape index (κ3) is 3.45. The number of halogens is 1. The summed E-state index contributed by atoms with van der Waals surface area (Å²) >= 11 is 3.44. The number of ether oxygens (including phenoxy) is 1. The molecule has 0 aromatic heterocycles. The SMILES string of the molecule is COC(=O)C(C)(Nc1ccc(C)cc1)c1cccc(Br)c1. The van der Waals surface area contributed by atoms with Gasteiger partial charge in [-0.25, -0.2) is 4.79 Å². The average Bonchev–Trinajstić information content (AvgIpc) is 2.48. The van der Waals surface area contributed by atoms with Crippen molar-refractivity contribution in [3.05, 3.63) is 64.1 Å². The fourth-order valence-electron chi connectivity index (χ4n) is 2.17. The molecule has 3 nitrogen and oxygen atoms in total. The van der Waals surface area contributed by atoms with Crippen molar-refractivity contribution in [1.82, 2.24) is 0 Å². The molecule has 2 rings (SSSR count). The fraction of sp³-hybridized carbons (Fsp3) is 0.235. The maximum absolute atomic E-state index is 12.3. The molecule has 1 unspecified atom stereocenters. The fourth-order valence-corrected chi connectivity index (χ4v) is 2.57. The molecule has 2 aromatic rings. The summed E-state index contributed by atoms with van der Waals surface area (Å²) in [5.41, 5.74) is 1.92. The summed E-state index contributed by atoms with van der Waals surface area (Å²) in [6.45, 7) is 3.85. The molecule has 0 bridgehead atoms. The lowest BCUT2D eigenvalue weighted by molar-refractivity contribution is -0.145. The molecule has 0 aliphatic carbocycles. The quantitative estimate of drug-likeness (QED) is 0.839. The van der Waals surface area contributed by atoms with Gasteiger partial charge < -0.3 is 10.1 Å². The maximum atomic E-state index is 12.3. The van der Waals surface area contributed by atoms with Crippen LogP contribution in [0.25, 0.3) is 0 Å². The lowest BCUT2D eigenvalue weighted by Crippen LogP contribution is -2.41. The number of hydrogen-bond acceptors (Lipinski definition) is 3. The van der Waals surface area contributed by atoms with E-state index in [-0.39, 0.29) is 5.97 Å². The van der Waals surface area contributed by atoms with Crippen molar-refractivity contribution in [3.63, 3.8) is 0 Å². The minimum atomic E-state index is -0.951. The van der Waals surface area contributed by atoms with Crippen molar-refractivity contribution in [2.24, 2.45) is 0 Å². The molecule has 0 saturated heterocycles. The summed E-state index contributed by atoms with van der Waals surface area (Å²) in [5, 5.41) is 3.28. The Hall–Kier alpha value is -1.81. The molecule has 1 N–H and O–H groups in total. The van der Waals surface area contributed by atoms with E-state index in [1.165, 1.54) is 12.7 Å². The van der Waals surface area contributed by atoms with E-state index >= 15 is 0 Å². The van der Waals surface area contributed by atoms with Crippen molar-refractivity contribution in [1.29, 1.82) is 0 Å². The maximum Gasteiger partial charge on any atom is 0.335 e. The van der Waals surface area contributed by atoms with Crippen LogP contribution in [0.2, 0.25) is 0 Å². The first-order valence-corrected chi connectivity index (χ1v) is 7.44. The molecule has 4 heteroatoms. The van der Waals surface area contributed by atoms with Crippen LogP contribution >= 0.6 is 15.9 Å². The first-order chi connectivity index (χ1) is 9.95. The van der Waals surface area contributed by atoms with Gasteiger partial charge in [0, 0.05) is 10.2 Å². The molecule has 0 amide bonds. The second-order valence-corrected chi connectivity index (χ2v) is 6.03. The largest absolute Gasteiger partial charge is 0.467 e. The predicted octanol–water partition coefficient (Wildman–Crippen LogP) is 4.26. The second kappa shape index (κ2) is 6.31. The third-order valence-corrected chi connectivity index (χ3v) is 3.93. The number of hydrogen-bond donors (Lipinski definition) is 1. The van der Waals surface area contributed by atoms with E-state index in [9.17, 15) is 4.79 Å². The minimum Gasteiger partial charge on any atom is -0.467 e. The Morgan fingerprint density at radius 3 is 2.43 bits per heavy atom. The third-order valence-electron chi connectivity index (χ3n) is 3.44. The van der Waals surface area contributed by atoms with Crippen molar-refractivity contribution < 1.29 is 9.53 Å². The minimum absolute atomic E-state index is 0.332. The summed E-state index contributed by atoms with van der Waals surface area (Å²) < 4.78 is 5.91. The zero-order valence-corrected chi connectivity index (χ0v) is 13.9. The highest BCUT2D eigenvalue weighted by molar-refractivity contribution is 9.10. The average molecular weight is 348 g/mol. The molecule has 2 aromatic carbocycles. The van der Waals surface area contributed by atoms with Gasteiger partial charge in [0.2, 0.25) is 0 Å². The van der Waals surface area contributed by atoms with Gasteiger partial charge in [0.25, 0.3) is 0 Å². The Morgan fingerprint density at radius 2 is 1.86 bits per heavy atom. The van der Waals surface area contributed by atoms with E-state index in [1.807, 2.05) is 62.4 Å². The normalized spacial score (nSPS) is 13.3. The van der Waals surface area contributed by atoms with Gasteiger partial charge in [-0.15, -0.1) is 0 Å². The molecule has 0 heterocycles. The number of carbonyl (C=O) groups excluding carboxylic acids is 1. The Labute approximate surface area is 133 Å². The van der Waals surface area contributed by atoms with Gasteiger partial charge in [0.1, 0.15) is 0 Å². The topological polar surface area (TPSA) is 38.3 Å². The van der Waals surface area contributed by atoms with Crippen LogP contribution < -0.4 is 5.32 Å². The molecule has 110 valence electrons. The highest BCUT2D eigenvalue weighted by atomic mass is 79.9. The van der Waals surface area contributed by atoms with Crippen LogP contribution in [0.3, 0.4) is 0 Å². The lowest BCUT2D eigenvalue weighted by Gasteiger charge is -2.29. The van der Waals surface area contributed by atoms with Gasteiger partial charge in [-0.1, -0.05) is 45.8 Å². The van der Waals surface area contributed by atoms with Crippen LogP contribution in [0.15, 0.2) is 53.0 Å². The first-order valence-electron chi connectivity index (χ1n) is 6.65. The van der Waals surface area contributed by atoms with Gasteiger partial charge in [-0.2, -0.15) is 0 Å². The van der Waals surface area contributed by atoms with E-state index in [0.29, 0.717) is 0 Å². The molecule has 0 fully saturated rings. The van der Waals surface area contributed by atoms with Gasteiger partial charge in [-0.05, 0) is 43.7 Å². The van der Waals surface area contributed by atoms with E-state index in [2.05, 4.69) is 21.2 Å². The molecular formula is C17H18BrNO2. The van der Waals surface area contributed by atoms with Crippen molar-refractivity contribution >= 4 is 27.6 Å². The number of carbonyl (C=O) groups is 1. The van der Waals surface area contributed by atoms with E-state index in [4.69, 9.17) is 4.74 Å². The molecule has 1 atom stereocenters.